The molecule has 2 aromatic carbocycles. The van der Waals surface area contributed by atoms with Crippen LogP contribution in [0.3, 0.4) is 0 Å². The topological polar surface area (TPSA) is 314 Å². The van der Waals surface area contributed by atoms with Crippen molar-refractivity contribution >= 4 is 47.5 Å². The largest absolute Gasteiger partial charge is 0.508 e. The second-order valence-corrected chi connectivity index (χ2v) is 20.5. The number of amides is 3. The molecule has 1 aliphatic carbocycles. The first kappa shape index (κ1) is 64.5. The Morgan fingerprint density at radius 3 is 1.78 bits per heavy atom. The molecule has 1 aromatic heterocycles. The van der Waals surface area contributed by atoms with E-state index in [4.69, 9.17) is 87.6 Å². The number of likely N-dealkylation sites (tertiary alicyclic amines) is 1. The lowest BCUT2D eigenvalue weighted by Gasteiger charge is -2.59. The highest BCUT2D eigenvalue weighted by Crippen LogP contribution is 2.53. The molecule has 3 heterocycles. The molecular formula is C52H73Cl2N7O20. The third-order valence-electron chi connectivity index (χ3n) is 13.9. The predicted octanol–water partition coefficient (Wildman–Crippen LogP) is 8.07. The summed E-state index contributed by atoms with van der Waals surface area (Å²) < 4.78 is 39.8. The van der Waals surface area contributed by atoms with Crippen molar-refractivity contribution in [1.82, 2.24) is 35.9 Å². The molecule has 4 unspecified atom stereocenters. The first-order valence-corrected chi connectivity index (χ1v) is 27.4. The molecular weight excluding hydrogens is 1110 g/mol. The molecule has 3 amide bonds. The van der Waals surface area contributed by atoms with Crippen molar-refractivity contribution in [3.8, 4) is 17.4 Å². The number of piperidine rings is 1. The van der Waals surface area contributed by atoms with Crippen molar-refractivity contribution in [3.63, 3.8) is 0 Å². The van der Waals surface area contributed by atoms with Crippen molar-refractivity contribution in [2.75, 3.05) is 79.2 Å². The third kappa shape index (κ3) is 19.5. The van der Waals surface area contributed by atoms with Crippen LogP contribution in [0, 0.1) is 19.3 Å². The van der Waals surface area contributed by atoms with Crippen LogP contribution in [-0.4, -0.2) is 189 Å². The number of unbranched alkanes of at least 4 members (excludes halogenated alkanes) is 3. The first-order chi connectivity index (χ1) is 38.9. The highest BCUT2D eigenvalue weighted by molar-refractivity contribution is 6.37. The number of benzene rings is 2. The van der Waals surface area contributed by atoms with Crippen LogP contribution in [0.15, 0.2) is 48.7 Å². The van der Waals surface area contributed by atoms with Crippen LogP contribution >= 0.6 is 23.2 Å². The molecule has 4 atom stereocenters. The van der Waals surface area contributed by atoms with E-state index in [1.165, 1.54) is 4.90 Å². The fourth-order valence-corrected chi connectivity index (χ4v) is 10.4. The number of ether oxygens (including phenoxy) is 7. The standard InChI is InChI=1S/C52H73Cl2N7O20/c1-35-29-43(53)46(44(54)30-35)73-28-27-72-41-15-11-37(12-16-41)42-31-40-33-56(49(63)75-19-4-7-24-79-59(66)67)34-45(58(40)50(64)76-20-5-8-25-80-60(68)69)52(42,3)48(62)57(39-13-14-39)32-38-17-18-55-47(36(38)2)74-22-10-23-78-51(65)77-21-6-9-26-81-61(70)71/h11-12,15-18,29-30,39-40,42,45,66-71H,4-10,13-14,19-28,31-34H2,1-3H3. The van der Waals surface area contributed by atoms with Gasteiger partial charge < -0.3 is 43.0 Å². The number of hydrogen-bond donors (Lipinski definition) is 6. The minimum atomic E-state index is -1.44. The Kier molecular flexibility index (Phi) is 25.7. The lowest BCUT2D eigenvalue weighted by Crippen LogP contribution is -2.73. The molecule has 6 rings (SSSR count). The van der Waals surface area contributed by atoms with E-state index in [-0.39, 0.29) is 104 Å². The summed E-state index contributed by atoms with van der Waals surface area (Å²) in [5, 5.41) is 52.4. The Morgan fingerprint density at radius 1 is 0.654 bits per heavy atom. The summed E-state index contributed by atoms with van der Waals surface area (Å²) in [7, 11) is 0. The molecule has 6 N–H and O–H groups in total. The van der Waals surface area contributed by atoms with Crippen LogP contribution in [-0.2, 0) is 44.8 Å². The summed E-state index contributed by atoms with van der Waals surface area (Å²) in [4.78, 5) is 79.8. The molecule has 0 spiro atoms. The van der Waals surface area contributed by atoms with E-state index in [9.17, 15) is 14.4 Å². The summed E-state index contributed by atoms with van der Waals surface area (Å²) in [5.41, 5.74) is 1.66. The van der Waals surface area contributed by atoms with E-state index in [2.05, 4.69) is 19.5 Å². The van der Waals surface area contributed by atoms with Gasteiger partial charge in [0.25, 0.3) is 0 Å². The van der Waals surface area contributed by atoms with Gasteiger partial charge in [0.15, 0.2) is 5.75 Å². The summed E-state index contributed by atoms with van der Waals surface area (Å²) >= 11 is 12.8. The normalized spacial score (nSPS) is 18.7. The van der Waals surface area contributed by atoms with E-state index < -0.39 is 57.9 Å². The third-order valence-corrected chi connectivity index (χ3v) is 14.5. The average Bonchev–Trinajstić information content (AvgIpc) is 2.70. The fraction of sp³-hybridized carbons (Fsp3) is 0.596. The Morgan fingerprint density at radius 2 is 1.20 bits per heavy atom. The van der Waals surface area contributed by atoms with Crippen molar-refractivity contribution in [3.05, 3.63) is 81.0 Å². The molecule has 3 fully saturated rings. The molecule has 29 heteroatoms. The van der Waals surface area contributed by atoms with E-state index in [1.807, 2.05) is 43.9 Å². The number of halogens is 2. The molecule has 1 saturated carbocycles. The minimum Gasteiger partial charge on any atom is -0.490 e. The van der Waals surface area contributed by atoms with Gasteiger partial charge in [-0.3, -0.25) is 55.5 Å². The molecule has 450 valence electrons. The average molecular weight is 1190 g/mol. The second kappa shape index (κ2) is 32.3. The van der Waals surface area contributed by atoms with Gasteiger partial charge in [-0.25, -0.2) is 19.4 Å². The van der Waals surface area contributed by atoms with E-state index >= 15 is 4.79 Å². The Bertz CT molecular complexity index is 2460. The maximum Gasteiger partial charge on any atom is 0.508 e. The molecule has 2 aliphatic heterocycles. The molecule has 2 saturated heterocycles. The van der Waals surface area contributed by atoms with Gasteiger partial charge in [0, 0.05) is 49.8 Å². The number of nitrogens with zero attached hydrogens (tertiary/aromatic N) is 7. The number of rotatable bonds is 33. The smallest absolute Gasteiger partial charge is 0.490 e. The monoisotopic (exact) mass is 1190 g/mol. The van der Waals surface area contributed by atoms with E-state index in [1.54, 1.807) is 35.4 Å². The first-order valence-electron chi connectivity index (χ1n) is 26.7. The Balaban J connectivity index is 1.23. The number of aryl methyl sites for hydroxylation is 1. The van der Waals surface area contributed by atoms with Crippen molar-refractivity contribution < 1.29 is 98.1 Å². The zero-order valence-corrected chi connectivity index (χ0v) is 47.0. The van der Waals surface area contributed by atoms with Gasteiger partial charge in [-0.1, -0.05) is 35.3 Å². The maximum absolute atomic E-state index is 16.1. The van der Waals surface area contributed by atoms with Crippen LogP contribution in [0.2, 0.25) is 10.0 Å². The van der Waals surface area contributed by atoms with Gasteiger partial charge in [0.05, 0.1) is 96.6 Å². The lowest BCUT2D eigenvalue weighted by molar-refractivity contribution is -0.492. The Hall–Kier alpha value is -5.63. The van der Waals surface area contributed by atoms with Gasteiger partial charge in [-0.15, -0.1) is 0 Å². The van der Waals surface area contributed by atoms with Gasteiger partial charge >= 0.3 is 18.3 Å². The SMILES string of the molecule is Cc1cc(Cl)c(OCCOc2ccc(C3CC4CN(C(=O)OCCCCON(O)O)CC(N4C(=O)OCCCCON(O)O)C3(C)C(=O)N(Cc3ccnc(OCCCOC(=O)OCCCCON(O)O)c3C)C3CC3)cc2)c(Cl)c1. The van der Waals surface area contributed by atoms with Crippen LogP contribution in [0.4, 0.5) is 14.4 Å². The van der Waals surface area contributed by atoms with Gasteiger partial charge in [-0.05, 0) is 126 Å². The minimum absolute atomic E-state index is 0.00486. The van der Waals surface area contributed by atoms with Crippen molar-refractivity contribution in [1.29, 1.82) is 0 Å². The van der Waals surface area contributed by atoms with Crippen LogP contribution < -0.4 is 14.2 Å². The molecule has 81 heavy (non-hydrogen) atoms. The van der Waals surface area contributed by atoms with Crippen LogP contribution in [0.5, 0.6) is 17.4 Å². The molecule has 3 aromatic rings. The van der Waals surface area contributed by atoms with Gasteiger partial charge in [-0.2, -0.15) is 0 Å². The maximum atomic E-state index is 16.1. The Labute approximate surface area is 478 Å². The number of fused-ring (bicyclic) bond motifs is 2. The fourth-order valence-electron chi connectivity index (χ4n) is 9.74. The number of aromatic nitrogens is 1. The van der Waals surface area contributed by atoms with Crippen LogP contribution in [0.1, 0.15) is 99.3 Å². The van der Waals surface area contributed by atoms with Gasteiger partial charge in [0.1, 0.15) is 19.0 Å². The lowest BCUT2D eigenvalue weighted by atomic mass is 9.60. The summed E-state index contributed by atoms with van der Waals surface area (Å²) in [6.07, 6.45) is 3.39. The van der Waals surface area contributed by atoms with Gasteiger partial charge in [0.2, 0.25) is 11.8 Å². The van der Waals surface area contributed by atoms with E-state index in [0.717, 1.165) is 16.7 Å². The predicted molar refractivity (Wildman–Crippen MR) is 280 cm³/mol. The zero-order chi connectivity index (χ0) is 58.5. The number of hydrogen-bond acceptors (Lipinski definition) is 24. The molecule has 27 nitrogen and oxygen atoms in total. The summed E-state index contributed by atoms with van der Waals surface area (Å²) in [5.74, 6) is 0.386. The van der Waals surface area contributed by atoms with Crippen LogP contribution in [0.25, 0.3) is 0 Å². The number of pyridine rings is 1. The molecule has 0 radical (unpaired) electrons. The van der Waals surface area contributed by atoms with E-state index in [0.29, 0.717) is 90.8 Å². The second-order valence-electron chi connectivity index (χ2n) is 19.7. The number of piperazine rings is 1. The zero-order valence-electron chi connectivity index (χ0n) is 45.5. The number of carbonyl (C=O) groups excluding carboxylic acids is 4. The summed E-state index contributed by atoms with van der Waals surface area (Å²) in [6.45, 7) is 5.89. The summed E-state index contributed by atoms with van der Waals surface area (Å²) in [6, 6.07) is 10.9. The molecule has 3 aliphatic rings. The van der Waals surface area contributed by atoms with Crippen molar-refractivity contribution in [2.24, 2.45) is 5.41 Å². The quantitative estimate of drug-likeness (QED) is 0.0145. The highest BCUT2D eigenvalue weighted by atomic mass is 35.5. The van der Waals surface area contributed by atoms with Crippen molar-refractivity contribution in [2.45, 2.75) is 116 Å². The molecule has 2 bridgehead atoms. The highest BCUT2D eigenvalue weighted by Gasteiger charge is 2.62. The number of carbonyl (C=O) groups is 4.